The van der Waals surface area contributed by atoms with Crippen molar-refractivity contribution in [1.82, 2.24) is 14.1 Å². The normalized spacial score (nSPS) is 17.8. The lowest BCUT2D eigenvalue weighted by atomic mass is 10.1. The molecule has 4 rings (SSSR count). The molecule has 28 heavy (non-hydrogen) atoms. The summed E-state index contributed by atoms with van der Waals surface area (Å²) in [5.41, 5.74) is 3.95. The molecular weight excluding hydrogens is 379 g/mol. The molecule has 0 unspecified atom stereocenters. The van der Waals surface area contributed by atoms with Gasteiger partial charge in [0.25, 0.3) is 0 Å². The Morgan fingerprint density at radius 1 is 1.21 bits per heavy atom. The van der Waals surface area contributed by atoms with E-state index in [1.807, 2.05) is 6.92 Å². The Bertz CT molecular complexity index is 1130. The third-order valence-corrected chi connectivity index (χ3v) is 6.84. The van der Waals surface area contributed by atoms with Crippen LogP contribution >= 0.6 is 0 Å². The molecule has 0 aliphatic carbocycles. The molecule has 2 heterocycles. The highest BCUT2D eigenvalue weighted by atomic mass is 32.2. The van der Waals surface area contributed by atoms with Gasteiger partial charge in [-0.2, -0.15) is 5.10 Å². The monoisotopic (exact) mass is 402 g/mol. The molecular formula is C20H23FN4O2S. The zero-order valence-electron chi connectivity index (χ0n) is 16.1. The Morgan fingerprint density at radius 2 is 1.93 bits per heavy atom. The van der Waals surface area contributed by atoms with E-state index in [0.29, 0.717) is 6.54 Å². The van der Waals surface area contributed by atoms with Crippen LogP contribution in [0.2, 0.25) is 0 Å². The number of halogens is 1. The van der Waals surface area contributed by atoms with Crippen molar-refractivity contribution >= 4 is 26.6 Å². The molecule has 1 fully saturated rings. The number of rotatable bonds is 4. The van der Waals surface area contributed by atoms with Crippen molar-refractivity contribution in [2.24, 2.45) is 0 Å². The number of fused-ring (bicyclic) bond motifs is 1. The lowest BCUT2D eigenvalue weighted by Gasteiger charge is -2.24. The van der Waals surface area contributed by atoms with E-state index in [-0.39, 0.29) is 11.9 Å². The van der Waals surface area contributed by atoms with Crippen LogP contribution in [0.1, 0.15) is 12.0 Å². The summed E-state index contributed by atoms with van der Waals surface area (Å²) < 4.78 is 40.2. The van der Waals surface area contributed by atoms with Crippen LogP contribution in [0.25, 0.3) is 16.6 Å². The average molecular weight is 402 g/mol. The molecule has 1 atom stereocenters. The minimum Gasteiger partial charge on any atom is -0.370 e. The molecule has 0 radical (unpaired) electrons. The van der Waals surface area contributed by atoms with Gasteiger partial charge >= 0.3 is 0 Å². The molecule has 1 aromatic heterocycles. The summed E-state index contributed by atoms with van der Waals surface area (Å²) in [4.78, 5) is 2.23. The van der Waals surface area contributed by atoms with Gasteiger partial charge < -0.3 is 4.90 Å². The molecule has 2 aromatic carbocycles. The number of hydrogen-bond donors (Lipinski definition) is 0. The smallest absolute Gasteiger partial charge is 0.211 e. The molecule has 1 aliphatic heterocycles. The summed E-state index contributed by atoms with van der Waals surface area (Å²) in [7, 11) is -1.56. The predicted octanol–water partition coefficient (Wildman–Crippen LogP) is 2.94. The van der Waals surface area contributed by atoms with Gasteiger partial charge in [0.2, 0.25) is 10.0 Å². The Hall–Kier alpha value is -2.45. The first-order chi connectivity index (χ1) is 13.2. The lowest BCUT2D eigenvalue weighted by molar-refractivity contribution is 0.393. The van der Waals surface area contributed by atoms with Crippen molar-refractivity contribution in [3.8, 4) is 5.69 Å². The van der Waals surface area contributed by atoms with Gasteiger partial charge in [-0.25, -0.2) is 21.8 Å². The predicted molar refractivity (Wildman–Crippen MR) is 109 cm³/mol. The average Bonchev–Trinajstić information content (AvgIpc) is 3.27. The van der Waals surface area contributed by atoms with Crippen molar-refractivity contribution in [2.45, 2.75) is 19.4 Å². The van der Waals surface area contributed by atoms with Crippen molar-refractivity contribution in [3.63, 3.8) is 0 Å². The fourth-order valence-corrected chi connectivity index (χ4v) is 4.54. The van der Waals surface area contributed by atoms with Crippen LogP contribution in [0.5, 0.6) is 0 Å². The highest BCUT2D eigenvalue weighted by Gasteiger charge is 2.31. The second kappa shape index (κ2) is 6.86. The molecule has 148 valence electrons. The number of hydrogen-bond acceptors (Lipinski definition) is 4. The van der Waals surface area contributed by atoms with Gasteiger partial charge in [0.15, 0.2) is 0 Å². The quantitative estimate of drug-likeness (QED) is 0.673. The maximum atomic E-state index is 13.2. The molecule has 3 aromatic rings. The van der Waals surface area contributed by atoms with Crippen LogP contribution in [0.3, 0.4) is 0 Å². The fourth-order valence-electron chi connectivity index (χ4n) is 3.82. The number of aryl methyl sites for hydroxylation is 1. The van der Waals surface area contributed by atoms with Crippen LogP contribution in [0.4, 0.5) is 10.1 Å². The summed E-state index contributed by atoms with van der Waals surface area (Å²) in [5.74, 6) is -0.277. The van der Waals surface area contributed by atoms with Crippen LogP contribution < -0.4 is 4.90 Å². The molecule has 0 amide bonds. The second-order valence-electron chi connectivity index (χ2n) is 7.40. The highest BCUT2D eigenvalue weighted by Crippen LogP contribution is 2.31. The topological polar surface area (TPSA) is 58.4 Å². The number of benzene rings is 2. The SMILES string of the molecule is Cc1cc2c(cnn2-c2ccc(F)cc2)cc1N1CC[C@@H](N(C)S(C)(=O)=O)C1. The van der Waals surface area contributed by atoms with Gasteiger partial charge in [0.05, 0.1) is 23.7 Å². The van der Waals surface area contributed by atoms with Crippen molar-refractivity contribution in [3.05, 3.63) is 54.0 Å². The summed E-state index contributed by atoms with van der Waals surface area (Å²) >= 11 is 0. The van der Waals surface area contributed by atoms with E-state index < -0.39 is 10.0 Å². The number of aromatic nitrogens is 2. The van der Waals surface area contributed by atoms with E-state index in [4.69, 9.17) is 0 Å². The largest absolute Gasteiger partial charge is 0.370 e. The van der Waals surface area contributed by atoms with Crippen molar-refractivity contribution < 1.29 is 12.8 Å². The van der Waals surface area contributed by atoms with Gasteiger partial charge in [-0.15, -0.1) is 0 Å². The van der Waals surface area contributed by atoms with E-state index in [9.17, 15) is 12.8 Å². The first-order valence-electron chi connectivity index (χ1n) is 9.16. The molecule has 0 spiro atoms. The van der Waals surface area contributed by atoms with E-state index in [1.54, 1.807) is 30.1 Å². The van der Waals surface area contributed by atoms with Crippen LogP contribution in [0.15, 0.2) is 42.6 Å². The first kappa shape index (κ1) is 18.9. The van der Waals surface area contributed by atoms with Crippen LogP contribution in [-0.4, -0.2) is 54.9 Å². The van der Waals surface area contributed by atoms with Crippen molar-refractivity contribution in [1.29, 1.82) is 0 Å². The number of sulfonamides is 1. The van der Waals surface area contributed by atoms with E-state index in [2.05, 4.69) is 22.1 Å². The Balaban J connectivity index is 1.65. The number of nitrogens with zero attached hydrogens (tertiary/aromatic N) is 4. The zero-order valence-corrected chi connectivity index (χ0v) is 16.9. The third-order valence-electron chi connectivity index (χ3n) is 5.50. The third kappa shape index (κ3) is 3.38. The highest BCUT2D eigenvalue weighted by molar-refractivity contribution is 7.88. The lowest BCUT2D eigenvalue weighted by Crippen LogP contribution is -2.38. The molecule has 0 saturated carbocycles. The summed E-state index contributed by atoms with van der Waals surface area (Å²) in [6.07, 6.45) is 3.85. The maximum Gasteiger partial charge on any atom is 0.211 e. The molecule has 0 N–H and O–H groups in total. The van der Waals surface area contributed by atoms with Crippen molar-refractivity contribution in [2.75, 3.05) is 31.3 Å². The van der Waals surface area contributed by atoms with Gasteiger partial charge in [-0.05, 0) is 55.3 Å². The minimum absolute atomic E-state index is 0.0213. The van der Waals surface area contributed by atoms with Crippen LogP contribution in [-0.2, 0) is 10.0 Å². The fraction of sp³-hybridized carbons (Fsp3) is 0.350. The number of anilines is 1. The molecule has 0 bridgehead atoms. The standard InChI is InChI=1S/C20H23FN4O2S/c1-14-10-20-15(12-22-25(20)17-6-4-16(21)5-7-17)11-19(14)24-9-8-18(13-24)23(2)28(3,26)27/h4-7,10-12,18H,8-9,13H2,1-3H3/t18-/m1/s1. The van der Waals surface area contributed by atoms with Gasteiger partial charge in [0.1, 0.15) is 5.82 Å². The molecule has 8 heteroatoms. The Labute approximate surface area is 164 Å². The van der Waals surface area contributed by atoms with E-state index in [0.717, 1.165) is 40.8 Å². The van der Waals surface area contributed by atoms with E-state index >= 15 is 0 Å². The summed E-state index contributed by atoms with van der Waals surface area (Å²) in [6, 6.07) is 10.4. The summed E-state index contributed by atoms with van der Waals surface area (Å²) in [5, 5.41) is 5.46. The zero-order chi connectivity index (χ0) is 20.1. The molecule has 1 saturated heterocycles. The Kier molecular flexibility index (Phi) is 4.63. The molecule has 6 nitrogen and oxygen atoms in total. The summed E-state index contributed by atoms with van der Waals surface area (Å²) in [6.45, 7) is 3.52. The van der Waals surface area contributed by atoms with Crippen LogP contribution in [0, 0.1) is 12.7 Å². The first-order valence-corrected chi connectivity index (χ1v) is 11.0. The van der Waals surface area contributed by atoms with Gasteiger partial charge in [-0.3, -0.25) is 0 Å². The Morgan fingerprint density at radius 3 is 2.61 bits per heavy atom. The van der Waals surface area contributed by atoms with Gasteiger partial charge in [0, 0.05) is 37.3 Å². The van der Waals surface area contributed by atoms with E-state index in [1.165, 1.54) is 22.7 Å². The minimum atomic E-state index is -3.20. The maximum absolute atomic E-state index is 13.2. The molecule has 1 aliphatic rings. The second-order valence-corrected chi connectivity index (χ2v) is 9.44. The number of likely N-dealkylation sites (N-methyl/N-ethyl adjacent to an activating group) is 1. The van der Waals surface area contributed by atoms with Gasteiger partial charge in [-0.1, -0.05) is 0 Å².